The van der Waals surface area contributed by atoms with Crippen LogP contribution in [0.3, 0.4) is 0 Å². The Kier molecular flexibility index (Phi) is 5.62. The van der Waals surface area contributed by atoms with Crippen molar-refractivity contribution in [2.45, 2.75) is 37.4 Å². The van der Waals surface area contributed by atoms with Gasteiger partial charge in [0, 0.05) is 0 Å². The van der Waals surface area contributed by atoms with Crippen molar-refractivity contribution in [2.24, 2.45) is 0 Å². The second kappa shape index (κ2) is 7.20. The van der Waals surface area contributed by atoms with Crippen LogP contribution in [0.25, 0.3) is 0 Å². The number of carboxylic acids is 1. The fraction of sp³-hybridized carbons (Fsp3) is 0.533. The van der Waals surface area contributed by atoms with Crippen LogP contribution in [-0.4, -0.2) is 30.4 Å². The molecule has 1 aliphatic rings. The van der Waals surface area contributed by atoms with E-state index in [1.54, 1.807) is 0 Å². The molecule has 25 heavy (non-hydrogen) atoms. The zero-order valence-electron chi connectivity index (χ0n) is 12.7. The predicted octanol–water partition coefficient (Wildman–Crippen LogP) is 4.05. The van der Waals surface area contributed by atoms with Crippen molar-refractivity contribution in [1.82, 2.24) is 0 Å². The second-order valence-corrected chi connectivity index (χ2v) is 5.57. The van der Waals surface area contributed by atoms with Gasteiger partial charge in [0.2, 0.25) is 0 Å². The molecule has 2 atom stereocenters. The van der Waals surface area contributed by atoms with Crippen LogP contribution in [0.1, 0.15) is 35.6 Å². The summed E-state index contributed by atoms with van der Waals surface area (Å²) < 4.78 is 87.4. The summed E-state index contributed by atoms with van der Waals surface area (Å²) in [5.41, 5.74) is -3.01. The first-order valence-corrected chi connectivity index (χ1v) is 7.21. The summed E-state index contributed by atoms with van der Waals surface area (Å²) in [6.45, 7) is -0.666. The molecule has 1 N–H and O–H groups in total. The zero-order valence-corrected chi connectivity index (χ0v) is 12.7. The summed E-state index contributed by atoms with van der Waals surface area (Å²) >= 11 is 0. The molecule has 1 saturated heterocycles. The third kappa shape index (κ3) is 5.33. The Labute approximate surface area is 138 Å². The van der Waals surface area contributed by atoms with E-state index in [-0.39, 0.29) is 24.7 Å². The Morgan fingerprint density at radius 1 is 1.08 bits per heavy atom. The predicted molar refractivity (Wildman–Crippen MR) is 71.7 cm³/mol. The van der Waals surface area contributed by atoms with E-state index in [9.17, 15) is 31.1 Å². The molecule has 0 bridgehead atoms. The first-order chi connectivity index (χ1) is 11.5. The highest BCUT2D eigenvalue weighted by Gasteiger charge is 2.38. The standard InChI is InChI=1S/C15H14F6O4/c16-14(17,18)9-3-8(4-10(5-9)15(19,20)21)12-2-1-11(25-12)6-24-7-13(22)23/h3-5,11-12H,1-2,6-7H2,(H,22,23). The van der Waals surface area contributed by atoms with Gasteiger partial charge < -0.3 is 14.6 Å². The fourth-order valence-corrected chi connectivity index (χ4v) is 2.52. The number of halogens is 6. The lowest BCUT2D eigenvalue weighted by Gasteiger charge is -2.18. The van der Waals surface area contributed by atoms with Gasteiger partial charge in [0.15, 0.2) is 0 Å². The molecule has 2 rings (SSSR count). The Hall–Kier alpha value is -1.81. The van der Waals surface area contributed by atoms with Crippen LogP contribution in [0.4, 0.5) is 26.3 Å². The lowest BCUT2D eigenvalue weighted by atomic mass is 9.99. The van der Waals surface area contributed by atoms with Gasteiger partial charge in [0.1, 0.15) is 6.61 Å². The number of alkyl halides is 6. The zero-order chi connectivity index (χ0) is 18.8. The van der Waals surface area contributed by atoms with E-state index in [0.29, 0.717) is 18.6 Å². The smallest absolute Gasteiger partial charge is 0.416 e. The third-order valence-corrected chi connectivity index (χ3v) is 3.62. The van der Waals surface area contributed by atoms with Crippen molar-refractivity contribution in [3.05, 3.63) is 34.9 Å². The minimum Gasteiger partial charge on any atom is -0.480 e. The topological polar surface area (TPSA) is 55.8 Å². The fourth-order valence-electron chi connectivity index (χ4n) is 2.52. The molecule has 140 valence electrons. The van der Waals surface area contributed by atoms with E-state index in [4.69, 9.17) is 14.6 Å². The quantitative estimate of drug-likeness (QED) is 0.793. The summed E-state index contributed by atoms with van der Waals surface area (Å²) in [5.74, 6) is -1.19. The van der Waals surface area contributed by atoms with E-state index < -0.39 is 48.3 Å². The van der Waals surface area contributed by atoms with Gasteiger partial charge in [0.25, 0.3) is 0 Å². The molecule has 0 saturated carbocycles. The van der Waals surface area contributed by atoms with Gasteiger partial charge in [-0.3, -0.25) is 0 Å². The maximum Gasteiger partial charge on any atom is 0.416 e. The Balaban J connectivity index is 2.17. The molecule has 10 heteroatoms. The summed E-state index contributed by atoms with van der Waals surface area (Å²) in [5, 5.41) is 8.45. The van der Waals surface area contributed by atoms with Gasteiger partial charge in [-0.2, -0.15) is 26.3 Å². The summed E-state index contributed by atoms with van der Waals surface area (Å²) in [6.07, 6.45) is -10.8. The van der Waals surface area contributed by atoms with Gasteiger partial charge in [-0.05, 0) is 36.6 Å². The molecule has 2 unspecified atom stereocenters. The maximum absolute atomic E-state index is 12.9. The Morgan fingerprint density at radius 3 is 2.12 bits per heavy atom. The molecule has 0 aliphatic carbocycles. The van der Waals surface area contributed by atoms with Crippen molar-refractivity contribution in [1.29, 1.82) is 0 Å². The maximum atomic E-state index is 12.9. The minimum atomic E-state index is -4.92. The van der Waals surface area contributed by atoms with Crippen molar-refractivity contribution in [3.63, 3.8) is 0 Å². The van der Waals surface area contributed by atoms with Crippen LogP contribution in [0, 0.1) is 0 Å². The molecule has 0 amide bonds. The van der Waals surface area contributed by atoms with Crippen LogP contribution in [0.2, 0.25) is 0 Å². The molecule has 1 aromatic rings. The number of rotatable bonds is 5. The lowest BCUT2D eigenvalue weighted by molar-refractivity contribution is -0.144. The molecular formula is C15H14F6O4. The monoisotopic (exact) mass is 372 g/mol. The van der Waals surface area contributed by atoms with Gasteiger partial charge in [-0.25, -0.2) is 4.79 Å². The van der Waals surface area contributed by atoms with E-state index in [0.717, 1.165) is 0 Å². The van der Waals surface area contributed by atoms with Crippen LogP contribution in [0.15, 0.2) is 18.2 Å². The first-order valence-electron chi connectivity index (χ1n) is 7.21. The minimum absolute atomic E-state index is 0.0614. The van der Waals surface area contributed by atoms with Gasteiger partial charge in [0.05, 0.1) is 29.9 Å². The van der Waals surface area contributed by atoms with Crippen molar-refractivity contribution in [2.75, 3.05) is 13.2 Å². The molecule has 1 aliphatic heterocycles. The average molecular weight is 372 g/mol. The van der Waals surface area contributed by atoms with Crippen molar-refractivity contribution >= 4 is 5.97 Å². The highest BCUT2D eigenvalue weighted by molar-refractivity contribution is 5.67. The highest BCUT2D eigenvalue weighted by atomic mass is 19.4. The Morgan fingerprint density at radius 2 is 1.64 bits per heavy atom. The van der Waals surface area contributed by atoms with E-state index >= 15 is 0 Å². The lowest BCUT2D eigenvalue weighted by Crippen LogP contribution is -2.18. The highest BCUT2D eigenvalue weighted by Crippen LogP contribution is 2.40. The van der Waals surface area contributed by atoms with E-state index in [2.05, 4.69) is 0 Å². The molecular weight excluding hydrogens is 358 g/mol. The summed E-state index contributed by atoms with van der Waals surface area (Å²) in [7, 11) is 0. The van der Waals surface area contributed by atoms with Gasteiger partial charge in [-0.1, -0.05) is 0 Å². The van der Waals surface area contributed by atoms with Crippen LogP contribution in [-0.2, 0) is 26.6 Å². The first kappa shape index (κ1) is 19.5. The van der Waals surface area contributed by atoms with Gasteiger partial charge in [-0.15, -0.1) is 0 Å². The molecule has 0 spiro atoms. The van der Waals surface area contributed by atoms with Crippen LogP contribution < -0.4 is 0 Å². The molecule has 1 heterocycles. The molecule has 0 radical (unpaired) electrons. The molecule has 0 aromatic heterocycles. The summed E-state index contributed by atoms with van der Waals surface area (Å²) in [6, 6.07) is 1.34. The average Bonchev–Trinajstić information content (AvgIpc) is 2.93. The second-order valence-electron chi connectivity index (χ2n) is 5.57. The van der Waals surface area contributed by atoms with Crippen LogP contribution >= 0.6 is 0 Å². The van der Waals surface area contributed by atoms with Crippen molar-refractivity contribution < 1.29 is 45.7 Å². The number of carbonyl (C=O) groups is 1. The largest absolute Gasteiger partial charge is 0.480 e. The third-order valence-electron chi connectivity index (χ3n) is 3.62. The number of ether oxygens (including phenoxy) is 2. The normalized spacial score (nSPS) is 21.5. The van der Waals surface area contributed by atoms with E-state index in [1.807, 2.05) is 0 Å². The number of aliphatic carboxylic acids is 1. The molecule has 1 fully saturated rings. The molecule has 1 aromatic carbocycles. The number of carboxylic acid groups (broad SMARTS) is 1. The molecule has 4 nitrogen and oxygen atoms in total. The SMILES string of the molecule is O=C(O)COCC1CCC(c2cc(C(F)(F)F)cc(C(F)(F)F)c2)O1. The number of benzene rings is 1. The van der Waals surface area contributed by atoms with Crippen molar-refractivity contribution in [3.8, 4) is 0 Å². The number of hydrogen-bond acceptors (Lipinski definition) is 3. The van der Waals surface area contributed by atoms with E-state index in [1.165, 1.54) is 0 Å². The Bertz CT molecular complexity index is 593. The van der Waals surface area contributed by atoms with Gasteiger partial charge >= 0.3 is 18.3 Å². The number of hydrogen-bond donors (Lipinski definition) is 1. The van der Waals surface area contributed by atoms with Crippen LogP contribution in [0.5, 0.6) is 0 Å². The summed E-state index contributed by atoms with van der Waals surface area (Å²) in [4.78, 5) is 10.3.